The second-order valence-electron chi connectivity index (χ2n) is 10.6. The first-order chi connectivity index (χ1) is 13.8. The Labute approximate surface area is 177 Å². The molecule has 0 aromatic carbocycles. The van der Waals surface area contributed by atoms with Gasteiger partial charge in [0.15, 0.2) is 0 Å². The van der Waals surface area contributed by atoms with Crippen molar-refractivity contribution in [1.82, 2.24) is 0 Å². The van der Waals surface area contributed by atoms with E-state index in [9.17, 15) is 14.7 Å². The van der Waals surface area contributed by atoms with Crippen LogP contribution in [-0.4, -0.2) is 34.5 Å². The van der Waals surface area contributed by atoms with E-state index in [1.165, 1.54) is 0 Å². The normalized spacial score (nSPS) is 36.6. The second-order valence-corrected chi connectivity index (χ2v) is 10.6. The molecule has 0 heterocycles. The number of rotatable bonds is 7. The highest BCUT2D eigenvalue weighted by atomic mass is 16.5. The maximum absolute atomic E-state index is 13.1. The predicted molar refractivity (Wildman–Crippen MR) is 115 cm³/mol. The van der Waals surface area contributed by atoms with Gasteiger partial charge in [-0.3, -0.25) is 9.59 Å². The van der Waals surface area contributed by atoms with Gasteiger partial charge >= 0.3 is 0 Å². The Morgan fingerprint density at radius 1 is 0.724 bits per heavy atom. The molecule has 0 atom stereocenters. The third kappa shape index (κ3) is 6.13. The molecule has 0 unspecified atom stereocenters. The number of ketones is 2. The average molecular weight is 407 g/mol. The number of carbonyl (C=O) groups is 2. The van der Waals surface area contributed by atoms with Gasteiger partial charge < -0.3 is 9.84 Å². The van der Waals surface area contributed by atoms with Crippen molar-refractivity contribution in [2.45, 2.75) is 122 Å². The Balaban J connectivity index is 1.41. The molecule has 4 heteroatoms. The molecule has 0 aliphatic heterocycles. The van der Waals surface area contributed by atoms with E-state index in [2.05, 4.69) is 20.8 Å². The summed E-state index contributed by atoms with van der Waals surface area (Å²) in [5.41, 5.74) is -0.0666. The second kappa shape index (κ2) is 10.0. The van der Waals surface area contributed by atoms with Crippen LogP contribution in [0.25, 0.3) is 0 Å². The summed E-state index contributed by atoms with van der Waals surface area (Å²) < 4.78 is 6.24. The summed E-state index contributed by atoms with van der Waals surface area (Å²) in [7, 11) is 0. The molecule has 0 bridgehead atoms. The minimum Gasteiger partial charge on any atom is -0.393 e. The molecule has 0 amide bonds. The zero-order chi connectivity index (χ0) is 21.0. The van der Waals surface area contributed by atoms with Crippen LogP contribution in [0.2, 0.25) is 0 Å². The Kier molecular flexibility index (Phi) is 7.94. The van der Waals surface area contributed by atoms with E-state index in [4.69, 9.17) is 4.74 Å². The summed E-state index contributed by atoms with van der Waals surface area (Å²) in [6, 6.07) is 0. The van der Waals surface area contributed by atoms with Gasteiger partial charge in [0.1, 0.15) is 11.6 Å². The van der Waals surface area contributed by atoms with Crippen LogP contribution in [0.4, 0.5) is 0 Å². The van der Waals surface area contributed by atoms with Gasteiger partial charge in [0.2, 0.25) is 0 Å². The number of aliphatic hydroxyl groups excluding tert-OH is 1. The largest absolute Gasteiger partial charge is 0.393 e. The van der Waals surface area contributed by atoms with Crippen molar-refractivity contribution in [2.24, 2.45) is 23.7 Å². The highest BCUT2D eigenvalue weighted by Crippen LogP contribution is 2.38. The number of carbonyl (C=O) groups excluding carboxylic acids is 2. The van der Waals surface area contributed by atoms with Crippen molar-refractivity contribution < 1.29 is 19.4 Å². The molecule has 1 N–H and O–H groups in total. The zero-order valence-electron chi connectivity index (χ0n) is 18.8. The standard InChI is InChI=1S/C25H42O4/c1-4-25(2,3)29-22-15-11-20(12-16-22)24(28)18-7-5-17(6-8-18)23(27)19-9-13-21(26)14-10-19/h17-22,26H,4-16H2,1-3H3. The van der Waals surface area contributed by atoms with Crippen LogP contribution in [0, 0.1) is 23.7 Å². The average Bonchev–Trinajstić information content (AvgIpc) is 2.74. The molecule has 0 aromatic rings. The first-order valence-corrected chi connectivity index (χ1v) is 12.2. The summed E-state index contributed by atoms with van der Waals surface area (Å²) in [6.45, 7) is 6.47. The molecule has 0 spiro atoms. The number of hydrogen-bond donors (Lipinski definition) is 1. The highest BCUT2D eigenvalue weighted by Gasteiger charge is 2.37. The number of ether oxygens (including phenoxy) is 1. The van der Waals surface area contributed by atoms with Gasteiger partial charge in [0.25, 0.3) is 0 Å². The quantitative estimate of drug-likeness (QED) is 0.627. The summed E-state index contributed by atoms with van der Waals surface area (Å²) in [6.07, 6.45) is 11.8. The first kappa shape index (κ1) is 22.9. The summed E-state index contributed by atoms with van der Waals surface area (Å²) in [4.78, 5) is 25.9. The molecule has 0 aromatic heterocycles. The number of Topliss-reactive ketones (excluding diaryl/α,β-unsaturated/α-hetero) is 2. The smallest absolute Gasteiger partial charge is 0.139 e. The van der Waals surface area contributed by atoms with Crippen molar-refractivity contribution in [1.29, 1.82) is 0 Å². The lowest BCUT2D eigenvalue weighted by Gasteiger charge is -2.36. The lowest BCUT2D eigenvalue weighted by molar-refractivity contribution is -0.135. The Hall–Kier alpha value is -0.740. The van der Waals surface area contributed by atoms with Gasteiger partial charge in [-0.2, -0.15) is 0 Å². The SMILES string of the molecule is CCC(C)(C)OC1CCC(C(=O)C2CCC(C(=O)C3CCC(O)CC3)CC2)CC1. The number of aliphatic hydroxyl groups is 1. The van der Waals surface area contributed by atoms with E-state index in [0.717, 1.165) is 83.5 Å². The molecular formula is C25H42O4. The molecule has 3 aliphatic rings. The molecule has 3 fully saturated rings. The monoisotopic (exact) mass is 406 g/mol. The van der Waals surface area contributed by atoms with Gasteiger partial charge in [-0.1, -0.05) is 6.92 Å². The lowest BCUT2D eigenvalue weighted by atomic mass is 9.70. The lowest BCUT2D eigenvalue weighted by Crippen LogP contribution is -2.37. The van der Waals surface area contributed by atoms with Gasteiger partial charge in [0, 0.05) is 23.7 Å². The van der Waals surface area contributed by atoms with Crippen molar-refractivity contribution in [3.8, 4) is 0 Å². The zero-order valence-corrected chi connectivity index (χ0v) is 18.8. The minimum atomic E-state index is -0.207. The van der Waals surface area contributed by atoms with Crippen LogP contribution in [0.15, 0.2) is 0 Å². The summed E-state index contributed by atoms with van der Waals surface area (Å²) in [5.74, 6) is 1.56. The van der Waals surface area contributed by atoms with Crippen molar-refractivity contribution in [3.63, 3.8) is 0 Å². The fourth-order valence-electron chi connectivity index (χ4n) is 5.69. The van der Waals surface area contributed by atoms with Gasteiger partial charge in [-0.05, 0) is 97.3 Å². The van der Waals surface area contributed by atoms with Crippen LogP contribution in [0.3, 0.4) is 0 Å². The maximum Gasteiger partial charge on any atom is 0.139 e. The van der Waals surface area contributed by atoms with E-state index < -0.39 is 0 Å². The minimum absolute atomic E-state index is 0.0666. The molecule has 0 saturated heterocycles. The molecule has 166 valence electrons. The van der Waals surface area contributed by atoms with E-state index in [-0.39, 0.29) is 35.4 Å². The molecule has 3 rings (SSSR count). The summed E-state index contributed by atoms with van der Waals surface area (Å²) in [5, 5.41) is 9.67. The van der Waals surface area contributed by atoms with E-state index in [1.807, 2.05) is 0 Å². The molecule has 3 saturated carbocycles. The van der Waals surface area contributed by atoms with Gasteiger partial charge in [-0.15, -0.1) is 0 Å². The maximum atomic E-state index is 13.1. The fourth-order valence-corrected chi connectivity index (χ4v) is 5.69. The molecule has 29 heavy (non-hydrogen) atoms. The van der Waals surface area contributed by atoms with Crippen LogP contribution >= 0.6 is 0 Å². The van der Waals surface area contributed by atoms with E-state index in [0.29, 0.717) is 17.7 Å². The summed E-state index contributed by atoms with van der Waals surface area (Å²) >= 11 is 0. The van der Waals surface area contributed by atoms with E-state index in [1.54, 1.807) is 0 Å². The third-order valence-electron chi connectivity index (χ3n) is 8.04. The Morgan fingerprint density at radius 3 is 1.45 bits per heavy atom. The van der Waals surface area contributed by atoms with Crippen molar-refractivity contribution in [3.05, 3.63) is 0 Å². The van der Waals surface area contributed by atoms with Gasteiger partial charge in [0.05, 0.1) is 17.8 Å². The first-order valence-electron chi connectivity index (χ1n) is 12.2. The topological polar surface area (TPSA) is 63.6 Å². The van der Waals surface area contributed by atoms with Crippen molar-refractivity contribution >= 4 is 11.6 Å². The van der Waals surface area contributed by atoms with Crippen LogP contribution < -0.4 is 0 Å². The van der Waals surface area contributed by atoms with Crippen LogP contribution in [0.1, 0.15) is 104 Å². The predicted octanol–water partition coefficient (Wildman–Crippen LogP) is 5.25. The molecule has 3 aliphatic carbocycles. The fraction of sp³-hybridized carbons (Fsp3) is 0.920. The molecule has 0 radical (unpaired) electrons. The molecule has 4 nitrogen and oxygen atoms in total. The van der Waals surface area contributed by atoms with Gasteiger partial charge in [-0.25, -0.2) is 0 Å². The molecular weight excluding hydrogens is 364 g/mol. The highest BCUT2D eigenvalue weighted by molar-refractivity contribution is 5.85. The van der Waals surface area contributed by atoms with Crippen molar-refractivity contribution in [2.75, 3.05) is 0 Å². The third-order valence-corrected chi connectivity index (χ3v) is 8.04. The Bertz CT molecular complexity index is 545. The van der Waals surface area contributed by atoms with E-state index >= 15 is 0 Å². The number of hydrogen-bond acceptors (Lipinski definition) is 4. The van der Waals surface area contributed by atoms with Crippen LogP contribution in [0.5, 0.6) is 0 Å². The Morgan fingerprint density at radius 2 is 1.07 bits per heavy atom. The van der Waals surface area contributed by atoms with Crippen LogP contribution in [-0.2, 0) is 14.3 Å².